The quantitative estimate of drug-likeness (QED) is 0.769. The molecule has 1 atom stereocenters. The summed E-state index contributed by atoms with van der Waals surface area (Å²) in [6.45, 7) is 4.44. The van der Waals surface area contributed by atoms with E-state index in [-0.39, 0.29) is 0 Å². The highest BCUT2D eigenvalue weighted by atomic mass is 16.5. The molecule has 4 nitrogen and oxygen atoms in total. The van der Waals surface area contributed by atoms with Gasteiger partial charge in [0.2, 0.25) is 0 Å². The van der Waals surface area contributed by atoms with E-state index in [1.807, 2.05) is 19.9 Å². The Bertz CT molecular complexity index is 402. The Morgan fingerprint density at radius 2 is 1.94 bits per heavy atom. The Morgan fingerprint density at radius 1 is 1.35 bits per heavy atom. The predicted octanol–water partition coefficient (Wildman–Crippen LogP) is 2.15. The lowest BCUT2D eigenvalue weighted by Gasteiger charge is -2.07. The number of carboxylic acids is 1. The zero-order valence-corrected chi connectivity index (χ0v) is 9.88. The molecule has 0 aromatic heterocycles. The third-order valence-electron chi connectivity index (χ3n) is 2.17. The van der Waals surface area contributed by atoms with Crippen LogP contribution in [0.25, 0.3) is 0 Å². The summed E-state index contributed by atoms with van der Waals surface area (Å²) >= 11 is 0. The number of allylic oxidation sites excluding steroid dienone is 1. The fourth-order valence-corrected chi connectivity index (χ4v) is 1.19. The number of ether oxygens (including phenoxy) is 1. The van der Waals surface area contributed by atoms with Gasteiger partial charge in [0.15, 0.2) is 6.10 Å². The summed E-state index contributed by atoms with van der Waals surface area (Å²) in [6.07, 6.45) is 0.460. The second-order valence-corrected chi connectivity index (χ2v) is 3.90. The van der Waals surface area contributed by atoms with Crippen LogP contribution in [0.15, 0.2) is 35.9 Å². The normalized spacial score (nSPS) is 11.7. The van der Waals surface area contributed by atoms with Crippen molar-refractivity contribution in [3.05, 3.63) is 41.5 Å². The van der Waals surface area contributed by atoms with E-state index in [1.54, 1.807) is 12.1 Å². The largest absolute Gasteiger partial charge is 0.490 e. The molecule has 0 aliphatic rings. The highest BCUT2D eigenvalue weighted by Gasteiger charge is 2.15. The van der Waals surface area contributed by atoms with Crippen molar-refractivity contribution in [2.45, 2.75) is 20.0 Å². The van der Waals surface area contributed by atoms with Crippen molar-refractivity contribution in [3.63, 3.8) is 0 Å². The molecule has 0 spiro atoms. The van der Waals surface area contributed by atoms with Gasteiger partial charge < -0.3 is 14.9 Å². The molecule has 92 valence electrons. The number of carbonyl (C=O) groups is 1. The van der Waals surface area contributed by atoms with Crippen LogP contribution in [0.5, 0.6) is 5.75 Å². The molecule has 4 heteroatoms. The second-order valence-electron chi connectivity index (χ2n) is 3.90. The minimum atomic E-state index is -1.48. The van der Waals surface area contributed by atoms with Gasteiger partial charge in [0.05, 0.1) is 0 Å². The average Bonchev–Trinajstić information content (AvgIpc) is 2.28. The Kier molecular flexibility index (Phi) is 4.72. The van der Waals surface area contributed by atoms with Crippen LogP contribution < -0.4 is 4.74 Å². The number of hydrogen-bond acceptors (Lipinski definition) is 3. The number of rotatable bonds is 5. The maximum absolute atomic E-state index is 10.5. The lowest BCUT2D eigenvalue weighted by Crippen LogP contribution is -2.10. The molecule has 0 amide bonds. The maximum Gasteiger partial charge on any atom is 0.337 e. The molecule has 0 unspecified atom stereocenters. The van der Waals surface area contributed by atoms with E-state index in [0.717, 1.165) is 0 Å². The Labute approximate surface area is 100 Å². The summed E-state index contributed by atoms with van der Waals surface area (Å²) in [5, 5.41) is 17.9. The van der Waals surface area contributed by atoms with E-state index < -0.39 is 12.1 Å². The number of aliphatic hydroxyl groups is 1. The van der Waals surface area contributed by atoms with Gasteiger partial charge in [-0.3, -0.25) is 0 Å². The maximum atomic E-state index is 10.5. The third kappa shape index (κ3) is 4.28. The zero-order valence-electron chi connectivity index (χ0n) is 9.88. The molecule has 0 bridgehead atoms. The summed E-state index contributed by atoms with van der Waals surface area (Å²) in [5.74, 6) is -0.618. The van der Waals surface area contributed by atoms with Gasteiger partial charge in [-0.15, -0.1) is 0 Å². The molecule has 0 heterocycles. The van der Waals surface area contributed by atoms with E-state index in [2.05, 4.69) is 0 Å². The van der Waals surface area contributed by atoms with E-state index in [9.17, 15) is 9.90 Å². The van der Waals surface area contributed by atoms with E-state index in [1.165, 1.54) is 17.7 Å². The third-order valence-corrected chi connectivity index (χ3v) is 2.17. The van der Waals surface area contributed by atoms with Crippen molar-refractivity contribution >= 4 is 5.97 Å². The highest BCUT2D eigenvalue weighted by Crippen LogP contribution is 2.18. The Balaban J connectivity index is 2.62. The molecule has 0 saturated heterocycles. The topological polar surface area (TPSA) is 66.8 Å². The minimum absolute atomic E-state index is 0.340. The highest BCUT2D eigenvalue weighted by molar-refractivity contribution is 5.74. The molecular weight excluding hydrogens is 220 g/mol. The fraction of sp³-hybridized carbons (Fsp3) is 0.308. The first-order chi connectivity index (χ1) is 8.00. The van der Waals surface area contributed by atoms with Gasteiger partial charge >= 0.3 is 5.97 Å². The molecule has 17 heavy (non-hydrogen) atoms. The number of hydrogen-bond donors (Lipinski definition) is 2. The van der Waals surface area contributed by atoms with Crippen molar-refractivity contribution in [2.24, 2.45) is 0 Å². The van der Waals surface area contributed by atoms with Crippen molar-refractivity contribution in [1.82, 2.24) is 0 Å². The van der Waals surface area contributed by atoms with Crippen LogP contribution in [0.3, 0.4) is 0 Å². The van der Waals surface area contributed by atoms with Gasteiger partial charge in [0.1, 0.15) is 12.4 Å². The van der Waals surface area contributed by atoms with Crippen LogP contribution in [-0.2, 0) is 4.79 Å². The van der Waals surface area contributed by atoms with Crippen LogP contribution in [-0.4, -0.2) is 22.8 Å². The predicted molar refractivity (Wildman–Crippen MR) is 64.0 cm³/mol. The van der Waals surface area contributed by atoms with Gasteiger partial charge in [-0.2, -0.15) is 0 Å². The first-order valence-electron chi connectivity index (χ1n) is 5.27. The summed E-state index contributed by atoms with van der Waals surface area (Å²) in [4.78, 5) is 10.5. The van der Waals surface area contributed by atoms with Gasteiger partial charge in [-0.1, -0.05) is 17.7 Å². The second kappa shape index (κ2) is 6.06. The van der Waals surface area contributed by atoms with Gasteiger partial charge in [-0.25, -0.2) is 4.79 Å². The van der Waals surface area contributed by atoms with Crippen molar-refractivity contribution < 1.29 is 19.7 Å². The minimum Gasteiger partial charge on any atom is -0.490 e. The summed E-state index contributed by atoms with van der Waals surface area (Å²) < 4.78 is 5.41. The molecule has 1 aromatic rings. The lowest BCUT2D eigenvalue weighted by molar-refractivity contribution is -0.146. The first-order valence-corrected chi connectivity index (χ1v) is 5.27. The molecule has 0 fully saturated rings. The number of benzene rings is 1. The van der Waals surface area contributed by atoms with E-state index in [0.29, 0.717) is 17.9 Å². The summed E-state index contributed by atoms with van der Waals surface area (Å²) in [5.41, 5.74) is 1.51. The molecule has 0 radical (unpaired) electrons. The SMILES string of the molecule is CC(C)=CCOc1ccc([C@H](O)C(=O)O)cc1. The smallest absolute Gasteiger partial charge is 0.337 e. The zero-order chi connectivity index (χ0) is 12.8. The van der Waals surface area contributed by atoms with Gasteiger partial charge in [0, 0.05) is 0 Å². The lowest BCUT2D eigenvalue weighted by atomic mass is 10.1. The number of aliphatic carboxylic acids is 1. The van der Waals surface area contributed by atoms with Crippen molar-refractivity contribution in [1.29, 1.82) is 0 Å². The van der Waals surface area contributed by atoms with Crippen LogP contribution in [0, 0.1) is 0 Å². The van der Waals surface area contributed by atoms with Crippen LogP contribution >= 0.6 is 0 Å². The molecule has 0 saturated carbocycles. The van der Waals surface area contributed by atoms with E-state index >= 15 is 0 Å². The Hall–Kier alpha value is -1.81. The molecule has 0 aliphatic heterocycles. The summed E-state index contributed by atoms with van der Waals surface area (Å²) in [6, 6.07) is 6.36. The molecule has 1 aromatic carbocycles. The van der Waals surface area contributed by atoms with Crippen LogP contribution in [0.1, 0.15) is 25.5 Å². The molecule has 0 aliphatic carbocycles. The fourth-order valence-electron chi connectivity index (χ4n) is 1.19. The Morgan fingerprint density at radius 3 is 2.41 bits per heavy atom. The van der Waals surface area contributed by atoms with Crippen LogP contribution in [0.4, 0.5) is 0 Å². The molecule has 2 N–H and O–H groups in total. The number of carboxylic acid groups (broad SMARTS) is 1. The van der Waals surface area contributed by atoms with Crippen molar-refractivity contribution in [3.8, 4) is 5.75 Å². The standard InChI is InChI=1S/C13H16O4/c1-9(2)7-8-17-11-5-3-10(4-6-11)12(14)13(15)16/h3-7,12,14H,8H2,1-2H3,(H,15,16)/t12-/m0/s1. The van der Waals surface area contributed by atoms with Gasteiger partial charge in [0.25, 0.3) is 0 Å². The average molecular weight is 236 g/mol. The van der Waals surface area contributed by atoms with E-state index in [4.69, 9.17) is 9.84 Å². The van der Waals surface area contributed by atoms with Crippen molar-refractivity contribution in [2.75, 3.05) is 6.61 Å². The molecule has 1 rings (SSSR count). The number of aliphatic hydroxyl groups excluding tert-OH is 1. The molecular formula is C13H16O4. The van der Waals surface area contributed by atoms with Gasteiger partial charge in [-0.05, 0) is 37.6 Å². The first kappa shape index (κ1) is 13.3. The monoisotopic (exact) mass is 236 g/mol. The summed E-state index contributed by atoms with van der Waals surface area (Å²) in [7, 11) is 0. The van der Waals surface area contributed by atoms with Crippen LogP contribution in [0.2, 0.25) is 0 Å².